The topological polar surface area (TPSA) is 50.8 Å². The first-order chi connectivity index (χ1) is 18.4. The second-order valence-electron chi connectivity index (χ2n) is 11.8. The lowest BCUT2D eigenvalue weighted by Gasteiger charge is -2.48. The van der Waals surface area contributed by atoms with Gasteiger partial charge in [-0.1, -0.05) is 42.5 Å². The third-order valence-electron chi connectivity index (χ3n) is 9.67. The molecule has 0 aromatic heterocycles. The molecule has 1 aliphatic carbocycles. The van der Waals surface area contributed by atoms with Crippen LogP contribution in [0.3, 0.4) is 0 Å². The number of carbonyl (C=O) groups is 1. The van der Waals surface area contributed by atoms with Crippen LogP contribution in [-0.2, 0) is 21.6 Å². The molecule has 3 heterocycles. The molecular formula is C31H38ClF2N2O3-. The average Bonchev–Trinajstić information content (AvgIpc) is 3.36. The van der Waals surface area contributed by atoms with Gasteiger partial charge in [0.2, 0.25) is 11.8 Å². The van der Waals surface area contributed by atoms with E-state index in [0.717, 1.165) is 36.1 Å². The minimum Gasteiger partial charge on any atom is -1.00 e. The summed E-state index contributed by atoms with van der Waals surface area (Å²) in [6, 6.07) is 16.2. The molecule has 5 nitrogen and oxygen atoms in total. The molecule has 3 aliphatic heterocycles. The molecule has 1 amide bonds. The summed E-state index contributed by atoms with van der Waals surface area (Å²) in [5.74, 6) is -2.01. The fourth-order valence-corrected chi connectivity index (χ4v) is 7.79. The molecule has 5 atom stereocenters. The number of nitrogens with one attached hydrogen (secondary N) is 1. The lowest BCUT2D eigenvalue weighted by Crippen LogP contribution is -3.00. The molecule has 8 heteroatoms. The van der Waals surface area contributed by atoms with Gasteiger partial charge in [-0.05, 0) is 54.7 Å². The fraction of sp³-hybridized carbons (Fsp3) is 0.581. The number of amides is 1. The van der Waals surface area contributed by atoms with E-state index in [1.54, 1.807) is 7.11 Å². The molecule has 0 radical (unpaired) electrons. The number of alkyl halides is 2. The zero-order valence-corrected chi connectivity index (χ0v) is 23.3. The summed E-state index contributed by atoms with van der Waals surface area (Å²) in [5.41, 5.74) is 2.88. The number of ether oxygens (including phenoxy) is 2. The molecule has 3 fully saturated rings. The molecule has 1 N–H and O–H groups in total. The van der Waals surface area contributed by atoms with E-state index >= 15 is 0 Å². The molecule has 4 aliphatic rings. The van der Waals surface area contributed by atoms with E-state index in [4.69, 9.17) is 9.47 Å². The van der Waals surface area contributed by atoms with Crippen LogP contribution in [-0.4, -0.2) is 56.1 Å². The number of halogens is 3. The zero-order chi connectivity index (χ0) is 26.3. The largest absolute Gasteiger partial charge is 1.00 e. The van der Waals surface area contributed by atoms with E-state index in [1.165, 1.54) is 5.56 Å². The molecule has 39 heavy (non-hydrogen) atoms. The van der Waals surface area contributed by atoms with E-state index in [9.17, 15) is 13.6 Å². The van der Waals surface area contributed by atoms with Gasteiger partial charge >= 0.3 is 0 Å². The summed E-state index contributed by atoms with van der Waals surface area (Å²) in [5, 5.41) is 3.49. The minimum absolute atomic E-state index is 0. The van der Waals surface area contributed by atoms with Crippen molar-refractivity contribution in [3.8, 4) is 5.75 Å². The van der Waals surface area contributed by atoms with Gasteiger partial charge in [0.1, 0.15) is 5.75 Å². The standard InChI is InChI=1S/C31H38F2N2O3.ClH/c1-37-28-11-5-10-25-24(28)18-38-20-30(25)19-34-17-26(30)29(36)35-14-12-22(21-7-3-2-4-8-21)15-27(35)23-9-6-13-31(32,33)16-23;/h2-5,7-8,10-11,22-23,26-27,34H,6,9,12-20H2,1H3;1H/p-1/t22-,23?,26+,27+,30-;/m1./s1. The highest BCUT2D eigenvalue weighted by atomic mass is 35.5. The van der Waals surface area contributed by atoms with Crippen LogP contribution >= 0.6 is 0 Å². The first-order valence-corrected chi connectivity index (χ1v) is 14.1. The third kappa shape index (κ3) is 5.18. The number of likely N-dealkylation sites (tertiary alicyclic amines) is 1. The molecule has 1 unspecified atom stereocenters. The van der Waals surface area contributed by atoms with Crippen molar-refractivity contribution >= 4 is 5.91 Å². The molecule has 212 valence electrons. The van der Waals surface area contributed by atoms with Gasteiger partial charge in [-0.25, -0.2) is 8.78 Å². The van der Waals surface area contributed by atoms with E-state index < -0.39 is 11.3 Å². The van der Waals surface area contributed by atoms with Gasteiger partial charge in [0.05, 0.1) is 26.2 Å². The van der Waals surface area contributed by atoms with Crippen LogP contribution in [0.4, 0.5) is 8.78 Å². The number of nitrogens with zero attached hydrogens (tertiary/aromatic N) is 1. The summed E-state index contributed by atoms with van der Waals surface area (Å²) < 4.78 is 41.0. The van der Waals surface area contributed by atoms with E-state index in [2.05, 4.69) is 23.5 Å². The van der Waals surface area contributed by atoms with Crippen LogP contribution in [0.15, 0.2) is 48.5 Å². The predicted molar refractivity (Wildman–Crippen MR) is 142 cm³/mol. The number of hydrogen-bond donors (Lipinski definition) is 1. The van der Waals surface area contributed by atoms with Gasteiger partial charge in [0.25, 0.3) is 0 Å². The Morgan fingerprint density at radius 3 is 2.72 bits per heavy atom. The molecule has 2 saturated heterocycles. The van der Waals surface area contributed by atoms with E-state index in [-0.39, 0.29) is 55.0 Å². The molecule has 6 rings (SSSR count). The molecule has 2 aromatic rings. The third-order valence-corrected chi connectivity index (χ3v) is 9.67. The summed E-state index contributed by atoms with van der Waals surface area (Å²) in [7, 11) is 1.66. The van der Waals surface area contributed by atoms with Gasteiger partial charge in [-0.3, -0.25) is 4.79 Å². The van der Waals surface area contributed by atoms with Crippen molar-refractivity contribution in [3.63, 3.8) is 0 Å². The smallest absolute Gasteiger partial charge is 0.248 e. The highest BCUT2D eigenvalue weighted by Gasteiger charge is 2.54. The van der Waals surface area contributed by atoms with Gasteiger partial charge in [0.15, 0.2) is 0 Å². The SMILES string of the molecule is COc1cccc2c1COC[C@]21CNC[C@H]1C(=O)N1CC[C@@H](c2ccccc2)C[C@H]1C1CCCC(F)(F)C1.[Cl-]. The number of carbonyl (C=O) groups excluding carboxylic acids is 1. The Morgan fingerprint density at radius 1 is 1.13 bits per heavy atom. The van der Waals surface area contributed by atoms with Crippen molar-refractivity contribution in [1.29, 1.82) is 0 Å². The molecule has 0 bridgehead atoms. The highest BCUT2D eigenvalue weighted by Crippen LogP contribution is 2.47. The van der Waals surface area contributed by atoms with Crippen molar-refractivity contribution in [2.75, 3.05) is 33.4 Å². The normalized spacial score (nSPS) is 31.8. The minimum atomic E-state index is -2.65. The quantitative estimate of drug-likeness (QED) is 0.625. The Labute approximate surface area is 236 Å². The monoisotopic (exact) mass is 559 g/mol. The van der Waals surface area contributed by atoms with Crippen LogP contribution in [0.1, 0.15) is 61.1 Å². The highest BCUT2D eigenvalue weighted by molar-refractivity contribution is 5.82. The Kier molecular flexibility index (Phi) is 8.23. The molecular weight excluding hydrogens is 522 g/mol. The number of methoxy groups -OCH3 is 1. The van der Waals surface area contributed by atoms with Crippen molar-refractivity contribution in [3.05, 3.63) is 65.2 Å². The van der Waals surface area contributed by atoms with Crippen LogP contribution in [0, 0.1) is 11.8 Å². The zero-order valence-electron chi connectivity index (χ0n) is 22.5. The lowest BCUT2D eigenvalue weighted by molar-refractivity contribution is -0.146. The van der Waals surface area contributed by atoms with Crippen molar-refractivity contribution in [1.82, 2.24) is 10.2 Å². The van der Waals surface area contributed by atoms with Crippen LogP contribution in [0.25, 0.3) is 0 Å². The number of benzene rings is 2. The Bertz CT molecular complexity index is 1170. The van der Waals surface area contributed by atoms with Crippen molar-refractivity contribution in [2.24, 2.45) is 11.8 Å². The van der Waals surface area contributed by atoms with E-state index in [0.29, 0.717) is 39.3 Å². The summed E-state index contributed by atoms with van der Waals surface area (Å²) in [6.07, 6.45) is 2.69. The number of hydrogen-bond acceptors (Lipinski definition) is 4. The van der Waals surface area contributed by atoms with E-state index in [1.807, 2.05) is 35.2 Å². The van der Waals surface area contributed by atoms with Crippen molar-refractivity contribution in [2.45, 2.75) is 68.4 Å². The Hall–Kier alpha value is -2.22. The summed E-state index contributed by atoms with van der Waals surface area (Å²) in [4.78, 5) is 16.5. The first-order valence-electron chi connectivity index (χ1n) is 14.1. The number of piperidine rings is 1. The maximum Gasteiger partial charge on any atom is 0.248 e. The first kappa shape index (κ1) is 28.3. The second-order valence-corrected chi connectivity index (χ2v) is 11.8. The molecule has 2 aromatic carbocycles. The summed E-state index contributed by atoms with van der Waals surface area (Å²) in [6.45, 7) is 2.73. The number of fused-ring (bicyclic) bond motifs is 2. The maximum absolute atomic E-state index is 14.6. The Balaban J connectivity index is 0.00000308. The van der Waals surface area contributed by atoms with Crippen LogP contribution in [0.5, 0.6) is 5.75 Å². The van der Waals surface area contributed by atoms with Crippen molar-refractivity contribution < 1.29 is 35.5 Å². The van der Waals surface area contributed by atoms with Crippen LogP contribution < -0.4 is 22.5 Å². The second kappa shape index (κ2) is 11.3. The van der Waals surface area contributed by atoms with Crippen LogP contribution in [0.2, 0.25) is 0 Å². The average molecular weight is 560 g/mol. The molecule has 1 spiro atoms. The van der Waals surface area contributed by atoms with Gasteiger partial charge < -0.3 is 32.1 Å². The van der Waals surface area contributed by atoms with Gasteiger partial charge in [-0.2, -0.15) is 0 Å². The predicted octanol–water partition coefficient (Wildman–Crippen LogP) is 2.29. The lowest BCUT2D eigenvalue weighted by atomic mass is 9.68. The molecule has 1 saturated carbocycles. The maximum atomic E-state index is 14.6. The number of rotatable bonds is 4. The van der Waals surface area contributed by atoms with Gasteiger partial charge in [0, 0.05) is 49.5 Å². The fourth-order valence-electron chi connectivity index (χ4n) is 7.79. The van der Waals surface area contributed by atoms with Gasteiger partial charge in [-0.15, -0.1) is 0 Å². The Morgan fingerprint density at radius 2 is 1.95 bits per heavy atom. The summed E-state index contributed by atoms with van der Waals surface area (Å²) >= 11 is 0.